The summed E-state index contributed by atoms with van der Waals surface area (Å²) in [5.74, 6) is 0.963. The number of ether oxygens (including phenoxy) is 1. The van der Waals surface area contributed by atoms with Crippen molar-refractivity contribution in [3.05, 3.63) is 52.7 Å². The van der Waals surface area contributed by atoms with Gasteiger partial charge in [0.05, 0.1) is 6.61 Å². The van der Waals surface area contributed by atoms with Crippen molar-refractivity contribution >= 4 is 11.3 Å². The highest BCUT2D eigenvalue weighted by atomic mass is 32.1. The molecule has 0 saturated carbocycles. The molecule has 0 fully saturated rings. The molecule has 1 atom stereocenters. The van der Waals surface area contributed by atoms with Crippen molar-refractivity contribution in [1.29, 1.82) is 0 Å². The molecule has 0 saturated heterocycles. The van der Waals surface area contributed by atoms with Crippen molar-refractivity contribution in [3.63, 3.8) is 0 Å². The van der Waals surface area contributed by atoms with Crippen LogP contribution in [0, 0.1) is 0 Å². The second-order valence-electron chi connectivity index (χ2n) is 5.27. The van der Waals surface area contributed by atoms with Gasteiger partial charge >= 0.3 is 0 Å². The molecule has 0 aliphatic rings. The van der Waals surface area contributed by atoms with Gasteiger partial charge in [-0.05, 0) is 66.8 Å². The van der Waals surface area contributed by atoms with E-state index in [-0.39, 0.29) is 0 Å². The molecule has 1 heterocycles. The van der Waals surface area contributed by atoms with E-state index >= 15 is 0 Å². The normalized spacial score (nSPS) is 12.2. The van der Waals surface area contributed by atoms with Crippen molar-refractivity contribution in [3.8, 4) is 5.75 Å². The van der Waals surface area contributed by atoms with E-state index in [1.165, 1.54) is 18.4 Å². The summed E-state index contributed by atoms with van der Waals surface area (Å²) < 4.78 is 5.82. The summed E-state index contributed by atoms with van der Waals surface area (Å²) in [6, 6.07) is 12.8. The maximum Gasteiger partial charge on any atom is 0.119 e. The summed E-state index contributed by atoms with van der Waals surface area (Å²) in [4.78, 5) is 0. The van der Waals surface area contributed by atoms with Crippen LogP contribution in [0.5, 0.6) is 5.75 Å². The number of thiophene rings is 1. The Balaban J connectivity index is 1.73. The predicted octanol–water partition coefficient (Wildman–Crippen LogP) is 4.52. The van der Waals surface area contributed by atoms with Crippen molar-refractivity contribution < 1.29 is 4.74 Å². The first-order valence-electron chi connectivity index (χ1n) is 7.80. The molecule has 0 aliphatic heterocycles. The highest BCUT2D eigenvalue weighted by molar-refractivity contribution is 7.07. The summed E-state index contributed by atoms with van der Waals surface area (Å²) in [6.07, 6.45) is 4.55. The molecule has 114 valence electrons. The Hall–Kier alpha value is -1.32. The van der Waals surface area contributed by atoms with Gasteiger partial charge in [0.2, 0.25) is 0 Å². The lowest BCUT2D eigenvalue weighted by molar-refractivity contribution is 0.281. The number of benzene rings is 1. The van der Waals surface area contributed by atoms with E-state index < -0.39 is 0 Å². The van der Waals surface area contributed by atoms with Gasteiger partial charge in [0.1, 0.15) is 5.75 Å². The van der Waals surface area contributed by atoms with E-state index in [0.717, 1.165) is 31.7 Å². The van der Waals surface area contributed by atoms with Gasteiger partial charge in [-0.2, -0.15) is 11.3 Å². The van der Waals surface area contributed by atoms with Crippen LogP contribution in [0.1, 0.15) is 31.7 Å². The van der Waals surface area contributed by atoms with E-state index in [1.54, 1.807) is 11.3 Å². The fourth-order valence-corrected chi connectivity index (χ4v) is 3.01. The first-order valence-corrected chi connectivity index (χ1v) is 8.75. The quantitative estimate of drug-likeness (QED) is 0.697. The Morgan fingerprint density at radius 3 is 2.71 bits per heavy atom. The highest BCUT2D eigenvalue weighted by Gasteiger charge is 2.08. The van der Waals surface area contributed by atoms with Crippen LogP contribution in [0.2, 0.25) is 0 Å². The number of aryl methyl sites for hydroxylation is 1. The topological polar surface area (TPSA) is 21.3 Å². The van der Waals surface area contributed by atoms with Crippen molar-refractivity contribution in [1.82, 2.24) is 5.32 Å². The Kier molecular flexibility index (Phi) is 7.33. The maximum absolute atomic E-state index is 5.82. The monoisotopic (exact) mass is 303 g/mol. The number of para-hydroxylation sites is 1. The molecule has 0 radical (unpaired) electrons. The Bertz CT molecular complexity index is 469. The first kappa shape index (κ1) is 16.1. The predicted molar refractivity (Wildman–Crippen MR) is 91.3 cm³/mol. The first-order chi connectivity index (χ1) is 10.4. The number of hydrogen-bond donors (Lipinski definition) is 1. The molecule has 2 aromatic rings. The standard InChI is InChI=1S/C18H25NOS/c1-2-12-19-17(9-8-16-11-14-21-15-16)10-13-20-18-6-4-3-5-7-18/h3-7,11,14-15,17,19H,2,8-10,12-13H2,1H3. The molecule has 0 aliphatic carbocycles. The van der Waals surface area contributed by atoms with E-state index in [1.807, 2.05) is 30.3 Å². The van der Waals surface area contributed by atoms with Gasteiger partial charge in [-0.25, -0.2) is 0 Å². The van der Waals surface area contributed by atoms with Gasteiger partial charge in [-0.1, -0.05) is 25.1 Å². The van der Waals surface area contributed by atoms with Crippen LogP contribution in [-0.2, 0) is 6.42 Å². The van der Waals surface area contributed by atoms with E-state index in [4.69, 9.17) is 4.74 Å². The SMILES string of the molecule is CCCNC(CCOc1ccccc1)CCc1ccsc1. The maximum atomic E-state index is 5.82. The summed E-state index contributed by atoms with van der Waals surface area (Å²) in [7, 11) is 0. The molecule has 1 aromatic heterocycles. The molecular formula is C18H25NOS. The van der Waals surface area contributed by atoms with Crippen molar-refractivity contribution in [2.45, 2.75) is 38.6 Å². The van der Waals surface area contributed by atoms with E-state index in [0.29, 0.717) is 6.04 Å². The van der Waals surface area contributed by atoms with Gasteiger partial charge in [-0.3, -0.25) is 0 Å². The minimum absolute atomic E-state index is 0.536. The summed E-state index contributed by atoms with van der Waals surface area (Å²) in [6.45, 7) is 4.07. The molecule has 0 spiro atoms. The highest BCUT2D eigenvalue weighted by Crippen LogP contribution is 2.13. The third-order valence-corrected chi connectivity index (χ3v) is 4.25. The summed E-state index contributed by atoms with van der Waals surface area (Å²) in [5, 5.41) is 8.04. The minimum atomic E-state index is 0.536. The largest absolute Gasteiger partial charge is 0.494 e. The van der Waals surface area contributed by atoms with Crippen molar-refractivity contribution in [2.75, 3.05) is 13.2 Å². The molecule has 1 N–H and O–H groups in total. The number of hydrogen-bond acceptors (Lipinski definition) is 3. The van der Waals surface area contributed by atoms with Crippen LogP contribution in [0.3, 0.4) is 0 Å². The molecule has 0 bridgehead atoms. The lowest BCUT2D eigenvalue weighted by Gasteiger charge is -2.18. The lowest BCUT2D eigenvalue weighted by Crippen LogP contribution is -2.31. The van der Waals surface area contributed by atoms with E-state index in [2.05, 4.69) is 29.1 Å². The van der Waals surface area contributed by atoms with Crippen LogP contribution in [0.25, 0.3) is 0 Å². The lowest BCUT2D eigenvalue weighted by atomic mass is 10.1. The zero-order chi connectivity index (χ0) is 14.8. The zero-order valence-corrected chi connectivity index (χ0v) is 13.6. The smallest absolute Gasteiger partial charge is 0.119 e. The van der Waals surface area contributed by atoms with Crippen LogP contribution in [-0.4, -0.2) is 19.2 Å². The minimum Gasteiger partial charge on any atom is -0.494 e. The van der Waals surface area contributed by atoms with Gasteiger partial charge in [0.25, 0.3) is 0 Å². The average Bonchev–Trinajstić information content (AvgIpc) is 3.04. The molecule has 1 aromatic carbocycles. The summed E-state index contributed by atoms with van der Waals surface area (Å²) >= 11 is 1.78. The Labute approximate surface area is 132 Å². The third-order valence-electron chi connectivity index (χ3n) is 3.52. The second kappa shape index (κ2) is 9.59. The average molecular weight is 303 g/mol. The van der Waals surface area contributed by atoms with Gasteiger partial charge in [0.15, 0.2) is 0 Å². The summed E-state index contributed by atoms with van der Waals surface area (Å²) in [5.41, 5.74) is 1.45. The van der Waals surface area contributed by atoms with Crippen LogP contribution in [0.4, 0.5) is 0 Å². The Morgan fingerprint density at radius 2 is 2.00 bits per heavy atom. The van der Waals surface area contributed by atoms with Crippen LogP contribution < -0.4 is 10.1 Å². The Morgan fingerprint density at radius 1 is 1.14 bits per heavy atom. The third kappa shape index (κ3) is 6.32. The molecule has 1 unspecified atom stereocenters. The van der Waals surface area contributed by atoms with Crippen LogP contribution in [0.15, 0.2) is 47.2 Å². The molecule has 2 rings (SSSR count). The molecule has 2 nitrogen and oxygen atoms in total. The second-order valence-corrected chi connectivity index (χ2v) is 6.05. The fraction of sp³-hybridized carbons (Fsp3) is 0.444. The number of rotatable bonds is 10. The number of nitrogens with one attached hydrogen (secondary N) is 1. The molecule has 21 heavy (non-hydrogen) atoms. The van der Waals surface area contributed by atoms with Gasteiger partial charge in [0, 0.05) is 6.04 Å². The molecule has 0 amide bonds. The van der Waals surface area contributed by atoms with Gasteiger partial charge < -0.3 is 10.1 Å². The fourth-order valence-electron chi connectivity index (χ4n) is 2.31. The molecular weight excluding hydrogens is 278 g/mol. The molecule has 3 heteroatoms. The van der Waals surface area contributed by atoms with E-state index in [9.17, 15) is 0 Å². The van der Waals surface area contributed by atoms with Crippen molar-refractivity contribution in [2.24, 2.45) is 0 Å². The van der Waals surface area contributed by atoms with Crippen LogP contribution >= 0.6 is 11.3 Å². The van der Waals surface area contributed by atoms with Gasteiger partial charge in [-0.15, -0.1) is 0 Å². The zero-order valence-electron chi connectivity index (χ0n) is 12.8.